The van der Waals surface area contributed by atoms with Crippen LogP contribution in [-0.4, -0.2) is 29.8 Å². The van der Waals surface area contributed by atoms with Crippen molar-refractivity contribution in [1.29, 1.82) is 0 Å². The van der Waals surface area contributed by atoms with Crippen LogP contribution < -0.4 is 10.2 Å². The lowest BCUT2D eigenvalue weighted by Crippen LogP contribution is -2.14. The molecule has 0 fully saturated rings. The molecule has 0 unspecified atom stereocenters. The van der Waals surface area contributed by atoms with Gasteiger partial charge in [0.15, 0.2) is 0 Å². The van der Waals surface area contributed by atoms with Crippen LogP contribution in [0.2, 0.25) is 0 Å². The highest BCUT2D eigenvalue weighted by Gasteiger charge is 2.15. The van der Waals surface area contributed by atoms with Crippen LogP contribution in [0.15, 0.2) is 60.8 Å². The van der Waals surface area contributed by atoms with Gasteiger partial charge in [-0.25, -0.2) is 4.68 Å². The summed E-state index contributed by atoms with van der Waals surface area (Å²) in [4.78, 5) is 14.6. The Labute approximate surface area is 141 Å². The van der Waals surface area contributed by atoms with E-state index in [2.05, 4.69) is 10.4 Å². The van der Waals surface area contributed by atoms with E-state index in [0.29, 0.717) is 5.56 Å². The van der Waals surface area contributed by atoms with Gasteiger partial charge in [-0.2, -0.15) is 5.10 Å². The van der Waals surface area contributed by atoms with Gasteiger partial charge >= 0.3 is 0 Å². The molecule has 0 aliphatic heterocycles. The zero-order valence-electron chi connectivity index (χ0n) is 14.0. The topological polar surface area (TPSA) is 50.2 Å². The normalized spacial score (nSPS) is 10.5. The predicted octanol–water partition coefficient (Wildman–Crippen LogP) is 3.50. The number of anilines is 2. The summed E-state index contributed by atoms with van der Waals surface area (Å²) in [5, 5.41) is 7.28. The molecule has 1 heterocycles. The molecular formula is C19H20N4O. The third kappa shape index (κ3) is 3.15. The van der Waals surface area contributed by atoms with Crippen LogP contribution >= 0.6 is 0 Å². The van der Waals surface area contributed by atoms with Crippen molar-refractivity contribution < 1.29 is 4.79 Å². The number of benzene rings is 2. The maximum atomic E-state index is 12.6. The number of carbonyl (C=O) groups excluding carboxylic acids is 1. The molecular weight excluding hydrogens is 300 g/mol. The van der Waals surface area contributed by atoms with E-state index in [4.69, 9.17) is 0 Å². The Balaban J connectivity index is 1.84. The van der Waals surface area contributed by atoms with Gasteiger partial charge in [0.25, 0.3) is 5.91 Å². The molecule has 5 nitrogen and oxygen atoms in total. The Morgan fingerprint density at radius 1 is 1.08 bits per heavy atom. The van der Waals surface area contributed by atoms with Crippen molar-refractivity contribution in [2.24, 2.45) is 0 Å². The summed E-state index contributed by atoms with van der Waals surface area (Å²) in [6.45, 7) is 1.89. The fourth-order valence-electron chi connectivity index (χ4n) is 2.52. The summed E-state index contributed by atoms with van der Waals surface area (Å²) in [6.07, 6.45) is 1.60. The first-order chi connectivity index (χ1) is 11.6. The van der Waals surface area contributed by atoms with Crippen molar-refractivity contribution in [2.75, 3.05) is 24.3 Å². The average Bonchev–Trinajstić information content (AvgIpc) is 2.97. The monoisotopic (exact) mass is 320 g/mol. The number of aromatic nitrogens is 2. The van der Waals surface area contributed by atoms with E-state index >= 15 is 0 Å². The van der Waals surface area contributed by atoms with Gasteiger partial charge in [0.05, 0.1) is 23.1 Å². The Hall–Kier alpha value is -3.08. The van der Waals surface area contributed by atoms with Crippen LogP contribution in [0, 0.1) is 6.92 Å². The molecule has 0 saturated carbocycles. The first-order valence-electron chi connectivity index (χ1n) is 7.75. The molecule has 0 bridgehead atoms. The summed E-state index contributed by atoms with van der Waals surface area (Å²) in [5.41, 5.74) is 4.10. The fraction of sp³-hybridized carbons (Fsp3) is 0.158. The highest BCUT2D eigenvalue weighted by atomic mass is 16.1. The molecule has 0 aliphatic carbocycles. The van der Waals surface area contributed by atoms with Crippen LogP contribution in [-0.2, 0) is 0 Å². The minimum atomic E-state index is -0.161. The second-order valence-corrected chi connectivity index (χ2v) is 5.79. The van der Waals surface area contributed by atoms with Gasteiger partial charge in [0.1, 0.15) is 0 Å². The van der Waals surface area contributed by atoms with Gasteiger partial charge in [-0.05, 0) is 37.3 Å². The average molecular weight is 320 g/mol. The second-order valence-electron chi connectivity index (χ2n) is 5.79. The Kier molecular flexibility index (Phi) is 4.33. The third-order valence-electron chi connectivity index (χ3n) is 3.88. The molecule has 0 saturated heterocycles. The van der Waals surface area contributed by atoms with Gasteiger partial charge < -0.3 is 10.2 Å². The lowest BCUT2D eigenvalue weighted by molar-refractivity contribution is 0.102. The van der Waals surface area contributed by atoms with Crippen molar-refractivity contribution >= 4 is 17.3 Å². The van der Waals surface area contributed by atoms with Gasteiger partial charge in [0.2, 0.25) is 0 Å². The van der Waals surface area contributed by atoms with Gasteiger partial charge in [-0.1, -0.05) is 24.3 Å². The maximum Gasteiger partial charge on any atom is 0.259 e. The summed E-state index contributed by atoms with van der Waals surface area (Å²) in [5.74, 6) is -0.161. The Bertz CT molecular complexity index is 853. The first-order valence-corrected chi connectivity index (χ1v) is 7.75. The zero-order valence-corrected chi connectivity index (χ0v) is 14.0. The summed E-state index contributed by atoms with van der Waals surface area (Å²) in [7, 11) is 3.93. The number of carbonyl (C=O) groups is 1. The first kappa shape index (κ1) is 15.8. The molecule has 24 heavy (non-hydrogen) atoms. The molecule has 0 aliphatic rings. The Morgan fingerprint density at radius 3 is 2.54 bits per heavy atom. The molecule has 0 radical (unpaired) electrons. The van der Waals surface area contributed by atoms with E-state index in [9.17, 15) is 4.79 Å². The number of para-hydroxylation sites is 1. The largest absolute Gasteiger partial charge is 0.378 e. The molecule has 122 valence electrons. The van der Waals surface area contributed by atoms with E-state index < -0.39 is 0 Å². The molecule has 1 N–H and O–H groups in total. The van der Waals surface area contributed by atoms with Crippen LogP contribution in [0.4, 0.5) is 11.4 Å². The maximum absolute atomic E-state index is 12.6. The van der Waals surface area contributed by atoms with Gasteiger partial charge in [0, 0.05) is 25.5 Å². The lowest BCUT2D eigenvalue weighted by atomic mass is 10.2. The lowest BCUT2D eigenvalue weighted by Gasteiger charge is -2.14. The quantitative estimate of drug-likeness (QED) is 0.800. The minimum Gasteiger partial charge on any atom is -0.378 e. The van der Waals surface area contributed by atoms with Crippen molar-refractivity contribution in [3.63, 3.8) is 0 Å². The summed E-state index contributed by atoms with van der Waals surface area (Å²) >= 11 is 0. The molecule has 1 amide bonds. The molecule has 0 spiro atoms. The molecule has 0 atom stereocenters. The second kappa shape index (κ2) is 6.58. The third-order valence-corrected chi connectivity index (χ3v) is 3.88. The van der Waals surface area contributed by atoms with Crippen LogP contribution in [0.1, 0.15) is 16.1 Å². The number of hydrogen-bond acceptors (Lipinski definition) is 3. The van der Waals surface area contributed by atoms with E-state index in [-0.39, 0.29) is 5.91 Å². The summed E-state index contributed by atoms with van der Waals surface area (Å²) in [6, 6.07) is 17.5. The number of hydrogen-bond donors (Lipinski definition) is 1. The van der Waals surface area contributed by atoms with Crippen molar-refractivity contribution in [3.8, 4) is 5.69 Å². The fourth-order valence-corrected chi connectivity index (χ4v) is 2.52. The molecule has 2 aromatic carbocycles. The molecule has 3 rings (SSSR count). The van der Waals surface area contributed by atoms with E-state index in [0.717, 1.165) is 22.8 Å². The van der Waals surface area contributed by atoms with Gasteiger partial charge in [-0.15, -0.1) is 0 Å². The number of nitrogens with one attached hydrogen (secondary N) is 1. The number of amides is 1. The standard InChI is InChI=1S/C19H20N4O/c1-14-18(13-20-23(14)16-9-5-4-6-10-16)19(24)21-15-8-7-11-17(12-15)22(2)3/h4-13H,1-3H3,(H,21,24). The number of nitrogens with zero attached hydrogens (tertiary/aromatic N) is 3. The number of rotatable bonds is 4. The van der Waals surface area contributed by atoms with Crippen LogP contribution in [0.5, 0.6) is 0 Å². The molecule has 3 aromatic rings. The predicted molar refractivity (Wildman–Crippen MR) is 97.0 cm³/mol. The van der Waals surface area contributed by atoms with Crippen LogP contribution in [0.3, 0.4) is 0 Å². The van der Waals surface area contributed by atoms with Crippen molar-refractivity contribution in [1.82, 2.24) is 9.78 Å². The Morgan fingerprint density at radius 2 is 1.83 bits per heavy atom. The molecule has 5 heteroatoms. The van der Waals surface area contributed by atoms with Crippen molar-refractivity contribution in [2.45, 2.75) is 6.92 Å². The van der Waals surface area contributed by atoms with Gasteiger partial charge in [-0.3, -0.25) is 4.79 Å². The van der Waals surface area contributed by atoms with Crippen molar-refractivity contribution in [3.05, 3.63) is 72.1 Å². The SMILES string of the molecule is Cc1c(C(=O)Nc2cccc(N(C)C)c2)cnn1-c1ccccc1. The highest BCUT2D eigenvalue weighted by Crippen LogP contribution is 2.19. The van der Waals surface area contributed by atoms with E-state index in [1.807, 2.05) is 80.5 Å². The van der Waals surface area contributed by atoms with E-state index in [1.54, 1.807) is 10.9 Å². The minimum absolute atomic E-state index is 0.161. The molecule has 1 aromatic heterocycles. The van der Waals surface area contributed by atoms with E-state index in [1.165, 1.54) is 0 Å². The zero-order chi connectivity index (χ0) is 17.1. The van der Waals surface area contributed by atoms with Crippen LogP contribution in [0.25, 0.3) is 5.69 Å². The summed E-state index contributed by atoms with van der Waals surface area (Å²) < 4.78 is 1.77. The smallest absolute Gasteiger partial charge is 0.259 e. The highest BCUT2D eigenvalue weighted by molar-refractivity contribution is 6.05.